The van der Waals surface area contributed by atoms with Gasteiger partial charge in [-0.25, -0.2) is 0 Å². The van der Waals surface area contributed by atoms with Crippen molar-refractivity contribution < 1.29 is 5.21 Å². The van der Waals surface area contributed by atoms with Crippen molar-refractivity contribution in [3.05, 3.63) is 0 Å². The van der Waals surface area contributed by atoms with E-state index in [2.05, 4.69) is 17.1 Å². The molecule has 0 spiro atoms. The maximum atomic E-state index is 8.42. The molecule has 1 rings (SSSR count). The van der Waals surface area contributed by atoms with Gasteiger partial charge in [0.05, 0.1) is 0 Å². The highest BCUT2D eigenvalue weighted by Crippen LogP contribution is 2.14. The molecule has 4 nitrogen and oxygen atoms in total. The van der Waals surface area contributed by atoms with Gasteiger partial charge in [0.2, 0.25) is 0 Å². The molecule has 1 aliphatic rings. The Kier molecular flexibility index (Phi) is 2.70. The van der Waals surface area contributed by atoms with Gasteiger partial charge in [-0.15, -0.1) is 0 Å². The fourth-order valence-electron chi connectivity index (χ4n) is 1.49. The van der Waals surface area contributed by atoms with Crippen LogP contribution in [0.3, 0.4) is 0 Å². The lowest BCUT2D eigenvalue weighted by molar-refractivity contribution is 0.239. The molecule has 0 saturated carbocycles. The molecule has 3 N–H and O–H groups in total. The third kappa shape index (κ3) is 2.08. The number of nitrogens with two attached hydrogens (primary N) is 1. The Hall–Kier alpha value is -0.770. The molecule has 64 valence electrons. The number of amidine groups is 1. The Morgan fingerprint density at radius 2 is 2.45 bits per heavy atom. The van der Waals surface area contributed by atoms with Crippen LogP contribution in [0.15, 0.2) is 5.16 Å². The molecule has 1 saturated heterocycles. The van der Waals surface area contributed by atoms with E-state index in [1.165, 1.54) is 0 Å². The van der Waals surface area contributed by atoms with Crippen LogP contribution in [0, 0.1) is 5.92 Å². The number of hydrogen-bond acceptors (Lipinski definition) is 3. The van der Waals surface area contributed by atoms with Gasteiger partial charge in [0.25, 0.3) is 0 Å². The zero-order valence-corrected chi connectivity index (χ0v) is 6.82. The minimum atomic E-state index is 0.249. The molecule has 0 bridgehead atoms. The Bertz CT molecular complexity index is 158. The van der Waals surface area contributed by atoms with Crippen molar-refractivity contribution in [1.82, 2.24) is 4.90 Å². The number of piperidine rings is 1. The number of oxime groups is 1. The smallest absolute Gasteiger partial charge is 0.143 e. The number of nitrogens with zero attached hydrogens (tertiary/aromatic N) is 2. The Morgan fingerprint density at radius 1 is 1.73 bits per heavy atom. The van der Waals surface area contributed by atoms with Crippen LogP contribution >= 0.6 is 0 Å². The summed E-state index contributed by atoms with van der Waals surface area (Å²) in [5, 5.41) is 11.4. The fraction of sp³-hybridized carbons (Fsp3) is 0.857. The average molecular weight is 157 g/mol. The quantitative estimate of drug-likeness (QED) is 0.245. The number of hydrogen-bond donors (Lipinski definition) is 2. The van der Waals surface area contributed by atoms with Crippen LogP contribution in [0.2, 0.25) is 0 Å². The van der Waals surface area contributed by atoms with Crippen LogP contribution < -0.4 is 5.73 Å². The zero-order valence-electron chi connectivity index (χ0n) is 6.82. The SMILES string of the molecule is CN1CCC[C@H](/C(N)=N\O)C1. The first-order valence-electron chi connectivity index (χ1n) is 3.90. The third-order valence-corrected chi connectivity index (χ3v) is 2.16. The second-order valence-corrected chi connectivity index (χ2v) is 3.13. The van der Waals surface area contributed by atoms with Gasteiger partial charge in [-0.2, -0.15) is 0 Å². The van der Waals surface area contributed by atoms with Crippen LogP contribution in [0.5, 0.6) is 0 Å². The summed E-state index contributed by atoms with van der Waals surface area (Å²) < 4.78 is 0. The van der Waals surface area contributed by atoms with Crippen LogP contribution in [0.1, 0.15) is 12.8 Å². The standard InChI is InChI=1S/C7H15N3O/c1-10-4-2-3-6(5-10)7(8)9-11/h6,11H,2-5H2,1H3,(H2,8,9)/t6-/m0/s1. The summed E-state index contributed by atoms with van der Waals surface area (Å²) in [7, 11) is 2.05. The highest BCUT2D eigenvalue weighted by Gasteiger charge is 2.20. The second kappa shape index (κ2) is 3.57. The zero-order chi connectivity index (χ0) is 8.27. The van der Waals surface area contributed by atoms with Gasteiger partial charge in [-0.3, -0.25) is 0 Å². The summed E-state index contributed by atoms with van der Waals surface area (Å²) in [6.07, 6.45) is 2.18. The van der Waals surface area contributed by atoms with Crippen molar-refractivity contribution in [1.29, 1.82) is 0 Å². The minimum absolute atomic E-state index is 0.249. The molecule has 1 atom stereocenters. The summed E-state index contributed by atoms with van der Waals surface area (Å²) in [5.41, 5.74) is 5.48. The fourth-order valence-corrected chi connectivity index (χ4v) is 1.49. The average Bonchev–Trinajstić information content (AvgIpc) is 2.03. The van der Waals surface area contributed by atoms with Crippen molar-refractivity contribution in [3.8, 4) is 0 Å². The van der Waals surface area contributed by atoms with Crippen molar-refractivity contribution >= 4 is 5.84 Å². The first-order valence-corrected chi connectivity index (χ1v) is 3.90. The molecular formula is C7H15N3O. The van der Waals surface area contributed by atoms with E-state index in [1.54, 1.807) is 0 Å². The van der Waals surface area contributed by atoms with Crippen molar-refractivity contribution in [2.45, 2.75) is 12.8 Å². The van der Waals surface area contributed by atoms with E-state index >= 15 is 0 Å². The summed E-state index contributed by atoms with van der Waals surface area (Å²) in [5.74, 6) is 0.621. The topological polar surface area (TPSA) is 61.8 Å². The normalized spacial score (nSPS) is 28.8. The van der Waals surface area contributed by atoms with E-state index in [4.69, 9.17) is 10.9 Å². The molecule has 0 amide bonds. The Balaban J connectivity index is 2.46. The van der Waals surface area contributed by atoms with E-state index in [1.807, 2.05) is 0 Å². The van der Waals surface area contributed by atoms with Crippen LogP contribution in [0.25, 0.3) is 0 Å². The molecule has 0 aromatic carbocycles. The van der Waals surface area contributed by atoms with Crippen LogP contribution in [-0.4, -0.2) is 36.1 Å². The Labute approximate surface area is 66.7 Å². The van der Waals surface area contributed by atoms with Gasteiger partial charge >= 0.3 is 0 Å². The molecule has 1 fully saturated rings. The molecule has 1 heterocycles. The lowest BCUT2D eigenvalue weighted by Gasteiger charge is -2.28. The molecule has 1 aliphatic heterocycles. The lowest BCUT2D eigenvalue weighted by atomic mass is 9.98. The van der Waals surface area contributed by atoms with Gasteiger partial charge in [-0.1, -0.05) is 5.16 Å². The van der Waals surface area contributed by atoms with E-state index < -0.39 is 0 Å². The maximum Gasteiger partial charge on any atom is 0.143 e. The molecule has 0 unspecified atom stereocenters. The van der Waals surface area contributed by atoms with E-state index in [9.17, 15) is 0 Å². The summed E-state index contributed by atoms with van der Waals surface area (Å²) in [6, 6.07) is 0. The number of likely N-dealkylation sites (tertiary alicyclic amines) is 1. The first-order chi connectivity index (χ1) is 5.24. The molecule has 4 heteroatoms. The van der Waals surface area contributed by atoms with Gasteiger partial charge in [0, 0.05) is 12.5 Å². The highest BCUT2D eigenvalue weighted by molar-refractivity contribution is 5.82. The summed E-state index contributed by atoms with van der Waals surface area (Å²) in [4.78, 5) is 2.20. The predicted molar refractivity (Wildman–Crippen MR) is 43.6 cm³/mol. The second-order valence-electron chi connectivity index (χ2n) is 3.13. The van der Waals surface area contributed by atoms with Crippen LogP contribution in [0.4, 0.5) is 0 Å². The molecular weight excluding hydrogens is 142 g/mol. The third-order valence-electron chi connectivity index (χ3n) is 2.16. The van der Waals surface area contributed by atoms with Gasteiger partial charge in [0.15, 0.2) is 0 Å². The lowest BCUT2D eigenvalue weighted by Crippen LogP contribution is -2.39. The monoisotopic (exact) mass is 157 g/mol. The molecule has 0 radical (unpaired) electrons. The predicted octanol–water partition coefficient (Wildman–Crippen LogP) is 0.0746. The van der Waals surface area contributed by atoms with E-state index in [0.717, 1.165) is 25.9 Å². The summed E-state index contributed by atoms with van der Waals surface area (Å²) >= 11 is 0. The van der Waals surface area contributed by atoms with Gasteiger partial charge in [-0.05, 0) is 26.4 Å². The molecule has 11 heavy (non-hydrogen) atoms. The van der Waals surface area contributed by atoms with E-state index in [0.29, 0.717) is 5.84 Å². The minimum Gasteiger partial charge on any atom is -0.409 e. The first kappa shape index (κ1) is 8.33. The maximum absolute atomic E-state index is 8.42. The summed E-state index contributed by atoms with van der Waals surface area (Å²) in [6.45, 7) is 2.03. The van der Waals surface area contributed by atoms with Gasteiger partial charge < -0.3 is 15.8 Å². The number of rotatable bonds is 1. The van der Waals surface area contributed by atoms with Crippen LogP contribution in [-0.2, 0) is 0 Å². The highest BCUT2D eigenvalue weighted by atomic mass is 16.4. The molecule has 0 aromatic rings. The van der Waals surface area contributed by atoms with Crippen molar-refractivity contribution in [2.75, 3.05) is 20.1 Å². The molecule has 0 aromatic heterocycles. The largest absolute Gasteiger partial charge is 0.409 e. The Morgan fingerprint density at radius 3 is 3.00 bits per heavy atom. The van der Waals surface area contributed by atoms with Crippen molar-refractivity contribution in [3.63, 3.8) is 0 Å². The van der Waals surface area contributed by atoms with Gasteiger partial charge in [0.1, 0.15) is 5.84 Å². The van der Waals surface area contributed by atoms with Crippen molar-refractivity contribution in [2.24, 2.45) is 16.8 Å². The van der Waals surface area contributed by atoms with E-state index in [-0.39, 0.29) is 5.92 Å². The molecule has 0 aliphatic carbocycles.